The first-order valence-corrected chi connectivity index (χ1v) is 9.03. The Morgan fingerprint density at radius 1 is 1.33 bits per heavy atom. The molecule has 1 heterocycles. The van der Waals surface area contributed by atoms with Crippen molar-refractivity contribution >= 4 is 31.3 Å². The molecule has 3 atom stereocenters. The van der Waals surface area contributed by atoms with E-state index in [1.54, 1.807) is 31.2 Å². The molecule has 0 spiro atoms. The van der Waals surface area contributed by atoms with Crippen molar-refractivity contribution in [2.24, 2.45) is 11.7 Å². The van der Waals surface area contributed by atoms with Gasteiger partial charge in [-0.05, 0) is 24.3 Å². The molecule has 0 saturated carbocycles. The van der Waals surface area contributed by atoms with Crippen LogP contribution in [0, 0.1) is 5.92 Å². The maximum absolute atomic E-state index is 13.0. The summed E-state index contributed by atoms with van der Waals surface area (Å²) < 4.78 is 0. The van der Waals surface area contributed by atoms with Crippen molar-refractivity contribution in [2.75, 3.05) is 6.54 Å². The van der Waals surface area contributed by atoms with Crippen molar-refractivity contribution in [1.29, 1.82) is 0 Å². The average Bonchev–Trinajstić information content (AvgIpc) is 2.91. The number of rotatable bonds is 7. The topological polar surface area (TPSA) is 116 Å². The molecular weight excluding hydrogens is 368 g/mol. The summed E-state index contributed by atoms with van der Waals surface area (Å²) in [4.78, 5) is 27.5. The van der Waals surface area contributed by atoms with Gasteiger partial charge in [0, 0.05) is 6.54 Å². The maximum atomic E-state index is 13.0. The molecule has 0 aliphatic carbocycles. The molecule has 2 amide bonds. The van der Waals surface area contributed by atoms with E-state index < -0.39 is 30.5 Å². The Morgan fingerprint density at radius 2 is 1.93 bits per heavy atom. The summed E-state index contributed by atoms with van der Waals surface area (Å²) in [7, 11) is -1.67. The Balaban J connectivity index is 0.00000364. The SMILES string of the molecule is CCC(NC(=O)[C@H](c1ccccc1)N1CCC(N)(C(C)C)C1=O)B(O)O.Cl. The molecule has 2 rings (SSSR count). The van der Waals surface area contributed by atoms with Gasteiger partial charge in [0.15, 0.2) is 0 Å². The first-order chi connectivity index (χ1) is 12.2. The van der Waals surface area contributed by atoms with Gasteiger partial charge in [-0.15, -0.1) is 12.4 Å². The second-order valence-electron chi connectivity index (χ2n) is 7.19. The summed E-state index contributed by atoms with van der Waals surface area (Å²) in [6, 6.07) is 8.12. The highest BCUT2D eigenvalue weighted by Gasteiger charge is 2.49. The fraction of sp³-hybridized carbons (Fsp3) is 0.556. The van der Waals surface area contributed by atoms with E-state index in [0.717, 1.165) is 0 Å². The minimum Gasteiger partial charge on any atom is -0.426 e. The van der Waals surface area contributed by atoms with E-state index in [1.807, 2.05) is 19.9 Å². The summed E-state index contributed by atoms with van der Waals surface area (Å²) in [6.45, 7) is 5.91. The van der Waals surface area contributed by atoms with Crippen molar-refractivity contribution < 1.29 is 19.6 Å². The van der Waals surface area contributed by atoms with Gasteiger partial charge in [-0.3, -0.25) is 9.59 Å². The summed E-state index contributed by atoms with van der Waals surface area (Å²) in [6.07, 6.45) is 0.825. The molecule has 2 unspecified atom stereocenters. The quantitative estimate of drug-likeness (QED) is 0.504. The fourth-order valence-electron chi connectivity index (χ4n) is 3.32. The van der Waals surface area contributed by atoms with Crippen LogP contribution in [-0.4, -0.2) is 51.9 Å². The molecule has 1 aliphatic rings. The van der Waals surface area contributed by atoms with Crippen LogP contribution in [0.15, 0.2) is 30.3 Å². The van der Waals surface area contributed by atoms with Gasteiger partial charge >= 0.3 is 7.12 Å². The van der Waals surface area contributed by atoms with E-state index in [2.05, 4.69) is 5.32 Å². The van der Waals surface area contributed by atoms with Crippen molar-refractivity contribution in [1.82, 2.24) is 10.2 Å². The number of nitrogens with zero attached hydrogens (tertiary/aromatic N) is 1. The molecular formula is C18H29BClN3O4. The number of amides is 2. The lowest BCUT2D eigenvalue weighted by Crippen LogP contribution is -2.55. The van der Waals surface area contributed by atoms with Gasteiger partial charge in [-0.2, -0.15) is 0 Å². The zero-order valence-corrected chi connectivity index (χ0v) is 16.8. The van der Waals surface area contributed by atoms with Crippen LogP contribution in [-0.2, 0) is 9.59 Å². The van der Waals surface area contributed by atoms with Crippen molar-refractivity contribution in [3.63, 3.8) is 0 Å². The number of nitrogens with two attached hydrogens (primary N) is 1. The van der Waals surface area contributed by atoms with Gasteiger partial charge in [0.05, 0.1) is 11.5 Å². The molecule has 0 bridgehead atoms. The third kappa shape index (κ3) is 4.82. The van der Waals surface area contributed by atoms with Crippen LogP contribution >= 0.6 is 12.4 Å². The molecule has 5 N–H and O–H groups in total. The molecule has 0 aromatic heterocycles. The average molecular weight is 398 g/mol. The predicted octanol–water partition coefficient (Wildman–Crippen LogP) is 0.642. The van der Waals surface area contributed by atoms with Crippen molar-refractivity contribution in [2.45, 2.75) is 51.1 Å². The number of hydrogen-bond acceptors (Lipinski definition) is 5. The summed E-state index contributed by atoms with van der Waals surface area (Å²) in [5.41, 5.74) is 5.99. The monoisotopic (exact) mass is 397 g/mol. The second-order valence-corrected chi connectivity index (χ2v) is 7.19. The molecule has 0 radical (unpaired) electrons. The van der Waals surface area contributed by atoms with E-state index in [9.17, 15) is 19.6 Å². The van der Waals surface area contributed by atoms with Crippen molar-refractivity contribution in [3.05, 3.63) is 35.9 Å². The number of likely N-dealkylation sites (tertiary alicyclic amines) is 1. The number of carbonyl (C=O) groups is 2. The standard InChI is InChI=1S/C18H28BN3O4.ClH/c1-4-14(19(25)26)21-16(23)15(13-8-6-5-7-9-13)22-11-10-18(20,12(2)3)17(22)24;/h5-9,12,14-15,25-26H,4,10-11,20H2,1-3H3,(H,21,23);1H/t14?,15-,18?;/m0./s1. The minimum absolute atomic E-state index is 0. The van der Waals surface area contributed by atoms with Crippen LogP contribution in [0.25, 0.3) is 0 Å². The van der Waals surface area contributed by atoms with E-state index in [1.165, 1.54) is 4.90 Å². The number of halogens is 1. The molecule has 1 aromatic carbocycles. The van der Waals surface area contributed by atoms with Crippen LogP contribution in [0.5, 0.6) is 0 Å². The molecule has 27 heavy (non-hydrogen) atoms. The molecule has 1 aliphatic heterocycles. The molecule has 1 fully saturated rings. The largest absolute Gasteiger partial charge is 0.475 e. The van der Waals surface area contributed by atoms with E-state index in [4.69, 9.17) is 5.73 Å². The number of benzene rings is 1. The highest BCUT2D eigenvalue weighted by atomic mass is 35.5. The third-order valence-corrected chi connectivity index (χ3v) is 5.26. The molecule has 9 heteroatoms. The molecule has 1 aromatic rings. The summed E-state index contributed by atoms with van der Waals surface area (Å²) in [5, 5.41) is 21.5. The lowest BCUT2D eigenvalue weighted by Gasteiger charge is -2.32. The number of carbonyl (C=O) groups excluding carboxylic acids is 2. The van der Waals surface area contributed by atoms with Gasteiger partial charge in [0.25, 0.3) is 0 Å². The Hall–Kier alpha value is -1.61. The first-order valence-electron chi connectivity index (χ1n) is 9.03. The van der Waals surface area contributed by atoms with Gasteiger partial charge < -0.3 is 26.0 Å². The molecule has 7 nitrogen and oxygen atoms in total. The number of hydrogen-bond donors (Lipinski definition) is 4. The van der Waals surface area contributed by atoms with Crippen LogP contribution in [0.3, 0.4) is 0 Å². The highest BCUT2D eigenvalue weighted by molar-refractivity contribution is 6.43. The van der Waals surface area contributed by atoms with Gasteiger partial charge in [0.2, 0.25) is 11.8 Å². The van der Waals surface area contributed by atoms with E-state index in [0.29, 0.717) is 24.9 Å². The Bertz CT molecular complexity index is 647. The van der Waals surface area contributed by atoms with E-state index in [-0.39, 0.29) is 24.2 Å². The Morgan fingerprint density at radius 3 is 2.37 bits per heavy atom. The zero-order valence-electron chi connectivity index (χ0n) is 16.0. The summed E-state index contributed by atoms with van der Waals surface area (Å²) >= 11 is 0. The smallest absolute Gasteiger partial charge is 0.426 e. The Kier molecular flexibility index (Phi) is 8.29. The molecule has 150 valence electrons. The normalized spacial score (nSPS) is 21.6. The Labute approximate surface area is 166 Å². The maximum Gasteiger partial charge on any atom is 0.475 e. The second kappa shape index (κ2) is 9.55. The van der Waals surface area contributed by atoms with Crippen LogP contribution in [0.4, 0.5) is 0 Å². The highest BCUT2D eigenvalue weighted by Crippen LogP contribution is 2.34. The molecule has 1 saturated heterocycles. The van der Waals surface area contributed by atoms with Gasteiger partial charge in [0.1, 0.15) is 6.04 Å². The predicted molar refractivity (Wildman–Crippen MR) is 107 cm³/mol. The number of nitrogens with one attached hydrogen (secondary N) is 1. The lowest BCUT2D eigenvalue weighted by molar-refractivity contribution is -0.141. The van der Waals surface area contributed by atoms with Gasteiger partial charge in [-0.1, -0.05) is 51.1 Å². The summed E-state index contributed by atoms with van der Waals surface area (Å²) in [5.74, 6) is -1.56. The van der Waals surface area contributed by atoms with Crippen molar-refractivity contribution in [3.8, 4) is 0 Å². The minimum atomic E-state index is -1.67. The van der Waals surface area contributed by atoms with Gasteiger partial charge in [-0.25, -0.2) is 0 Å². The van der Waals surface area contributed by atoms with Crippen LogP contribution in [0.2, 0.25) is 0 Å². The third-order valence-electron chi connectivity index (χ3n) is 5.26. The fourth-order valence-corrected chi connectivity index (χ4v) is 3.32. The zero-order chi connectivity index (χ0) is 19.5. The van der Waals surface area contributed by atoms with Crippen LogP contribution in [0.1, 0.15) is 45.2 Å². The first kappa shape index (κ1) is 23.4. The van der Waals surface area contributed by atoms with E-state index >= 15 is 0 Å². The lowest BCUT2D eigenvalue weighted by atomic mass is 9.77. The van der Waals surface area contributed by atoms with Crippen LogP contribution < -0.4 is 11.1 Å².